The van der Waals surface area contributed by atoms with Crippen LogP contribution in [0.1, 0.15) is 51.3 Å². The molecule has 2 amide bonds. The van der Waals surface area contributed by atoms with Crippen LogP contribution in [0.3, 0.4) is 0 Å². The molecule has 0 saturated carbocycles. The molecule has 28 heavy (non-hydrogen) atoms. The standard InChI is InChI=1S/C12H12N2OS.C10H19NO/c1-9-12(16-8-14-9)11-4-2-10(3-5-11)6-13-7-15;1-10(2,3)8-9(12)11-6-4-5-7-11/h2-5,7-8H,6H2,1H3,(H,13,15);4-8H2,1-3H3. The van der Waals surface area contributed by atoms with Gasteiger partial charge in [0, 0.05) is 26.1 Å². The van der Waals surface area contributed by atoms with Gasteiger partial charge in [0.2, 0.25) is 12.3 Å². The Morgan fingerprint density at radius 3 is 2.36 bits per heavy atom. The van der Waals surface area contributed by atoms with Crippen molar-refractivity contribution >= 4 is 23.7 Å². The minimum absolute atomic E-state index is 0.139. The largest absolute Gasteiger partial charge is 0.355 e. The third-order valence-electron chi connectivity index (χ3n) is 4.49. The van der Waals surface area contributed by atoms with Gasteiger partial charge in [0.05, 0.1) is 16.1 Å². The summed E-state index contributed by atoms with van der Waals surface area (Å²) in [5.41, 5.74) is 5.32. The molecule has 0 aliphatic carbocycles. The molecule has 1 aromatic heterocycles. The number of carbonyl (C=O) groups is 2. The first kappa shape index (κ1) is 22.1. The summed E-state index contributed by atoms with van der Waals surface area (Å²) in [7, 11) is 0. The predicted molar refractivity (Wildman–Crippen MR) is 115 cm³/mol. The molecule has 0 atom stereocenters. The van der Waals surface area contributed by atoms with Crippen molar-refractivity contribution in [1.29, 1.82) is 0 Å². The molecule has 1 aliphatic rings. The van der Waals surface area contributed by atoms with E-state index in [1.54, 1.807) is 11.3 Å². The van der Waals surface area contributed by atoms with Gasteiger partial charge in [-0.2, -0.15) is 0 Å². The molecule has 2 heterocycles. The van der Waals surface area contributed by atoms with E-state index in [-0.39, 0.29) is 5.41 Å². The summed E-state index contributed by atoms with van der Waals surface area (Å²) in [4.78, 5) is 29.2. The van der Waals surface area contributed by atoms with E-state index in [1.807, 2.05) is 29.5 Å². The summed E-state index contributed by atoms with van der Waals surface area (Å²) in [5.74, 6) is 0.333. The van der Waals surface area contributed by atoms with Gasteiger partial charge < -0.3 is 10.2 Å². The SMILES string of the molecule is CC(C)(C)CC(=O)N1CCCC1.Cc1ncsc1-c1ccc(CNC=O)cc1. The van der Waals surface area contributed by atoms with E-state index in [9.17, 15) is 9.59 Å². The van der Waals surface area contributed by atoms with Gasteiger partial charge in [0.25, 0.3) is 0 Å². The van der Waals surface area contributed by atoms with Gasteiger partial charge >= 0.3 is 0 Å². The van der Waals surface area contributed by atoms with Crippen LogP contribution >= 0.6 is 11.3 Å². The fourth-order valence-electron chi connectivity index (χ4n) is 3.04. The van der Waals surface area contributed by atoms with Crippen LogP contribution in [0, 0.1) is 12.3 Å². The number of thiazole rings is 1. The van der Waals surface area contributed by atoms with Gasteiger partial charge in [0.1, 0.15) is 0 Å². The van der Waals surface area contributed by atoms with Crippen molar-refractivity contribution in [3.05, 3.63) is 41.0 Å². The lowest BCUT2D eigenvalue weighted by Gasteiger charge is -2.22. The highest BCUT2D eigenvalue weighted by atomic mass is 32.1. The molecule has 3 rings (SSSR count). The average Bonchev–Trinajstić information content (AvgIpc) is 3.31. The second kappa shape index (κ2) is 10.4. The Kier molecular flexibility index (Phi) is 8.18. The number of likely N-dealkylation sites (tertiary alicyclic amines) is 1. The van der Waals surface area contributed by atoms with E-state index >= 15 is 0 Å². The quantitative estimate of drug-likeness (QED) is 0.755. The van der Waals surface area contributed by atoms with Crippen molar-refractivity contribution in [1.82, 2.24) is 15.2 Å². The molecule has 1 fully saturated rings. The summed E-state index contributed by atoms with van der Waals surface area (Å²) in [6.07, 6.45) is 3.78. The maximum absolute atomic E-state index is 11.6. The number of amides is 2. The highest BCUT2D eigenvalue weighted by molar-refractivity contribution is 7.13. The predicted octanol–water partition coefficient (Wildman–Crippen LogP) is 4.41. The smallest absolute Gasteiger partial charge is 0.223 e. The molecule has 0 radical (unpaired) electrons. The molecule has 2 aromatic rings. The third-order valence-corrected chi connectivity index (χ3v) is 5.47. The lowest BCUT2D eigenvalue weighted by Crippen LogP contribution is -2.30. The Bertz CT molecular complexity index is 757. The average molecular weight is 402 g/mol. The number of aryl methyl sites for hydroxylation is 1. The topological polar surface area (TPSA) is 62.3 Å². The second-order valence-electron chi connectivity index (χ2n) is 8.29. The van der Waals surface area contributed by atoms with Crippen LogP contribution in [-0.2, 0) is 16.1 Å². The first-order chi connectivity index (χ1) is 13.3. The highest BCUT2D eigenvalue weighted by Crippen LogP contribution is 2.27. The number of benzene rings is 1. The Labute approximate surface area is 172 Å². The fraction of sp³-hybridized carbons (Fsp3) is 0.500. The second-order valence-corrected chi connectivity index (χ2v) is 9.14. The number of carbonyl (C=O) groups excluding carboxylic acids is 2. The maximum Gasteiger partial charge on any atom is 0.223 e. The lowest BCUT2D eigenvalue weighted by atomic mass is 9.92. The molecule has 1 N–H and O–H groups in total. The van der Waals surface area contributed by atoms with Gasteiger partial charge in [-0.05, 0) is 36.3 Å². The lowest BCUT2D eigenvalue weighted by molar-refractivity contribution is -0.132. The molecule has 1 saturated heterocycles. The van der Waals surface area contributed by atoms with E-state index in [0.29, 0.717) is 25.3 Å². The van der Waals surface area contributed by atoms with Crippen LogP contribution in [0.4, 0.5) is 0 Å². The van der Waals surface area contributed by atoms with Gasteiger partial charge in [-0.25, -0.2) is 4.98 Å². The Balaban J connectivity index is 0.000000209. The van der Waals surface area contributed by atoms with E-state index in [4.69, 9.17) is 0 Å². The summed E-state index contributed by atoms with van der Waals surface area (Å²) in [6, 6.07) is 8.15. The number of hydrogen-bond donors (Lipinski definition) is 1. The molecule has 1 aromatic carbocycles. The van der Waals surface area contributed by atoms with E-state index in [0.717, 1.165) is 24.3 Å². The number of nitrogens with one attached hydrogen (secondary N) is 1. The fourth-order valence-corrected chi connectivity index (χ4v) is 3.86. The first-order valence-electron chi connectivity index (χ1n) is 9.74. The van der Waals surface area contributed by atoms with Crippen LogP contribution < -0.4 is 5.32 Å². The zero-order valence-corrected chi connectivity index (χ0v) is 18.1. The van der Waals surface area contributed by atoms with E-state index < -0.39 is 0 Å². The number of nitrogens with zero attached hydrogens (tertiary/aromatic N) is 2. The molecule has 1 aliphatic heterocycles. The Morgan fingerprint density at radius 1 is 1.21 bits per heavy atom. The summed E-state index contributed by atoms with van der Waals surface area (Å²) in [5, 5.41) is 2.64. The molecular weight excluding hydrogens is 370 g/mol. The van der Waals surface area contributed by atoms with Crippen LogP contribution in [0.25, 0.3) is 10.4 Å². The van der Waals surface area contributed by atoms with Crippen molar-refractivity contribution in [2.75, 3.05) is 13.1 Å². The first-order valence-corrected chi connectivity index (χ1v) is 10.6. The minimum Gasteiger partial charge on any atom is -0.355 e. The highest BCUT2D eigenvalue weighted by Gasteiger charge is 2.22. The summed E-state index contributed by atoms with van der Waals surface area (Å²) >= 11 is 1.64. The zero-order chi connectivity index (χ0) is 20.6. The zero-order valence-electron chi connectivity index (χ0n) is 17.3. The third kappa shape index (κ3) is 7.08. The van der Waals surface area contributed by atoms with Crippen molar-refractivity contribution in [3.8, 4) is 10.4 Å². The van der Waals surface area contributed by atoms with Crippen molar-refractivity contribution in [2.24, 2.45) is 5.41 Å². The van der Waals surface area contributed by atoms with Crippen molar-refractivity contribution in [3.63, 3.8) is 0 Å². The Hall–Kier alpha value is -2.21. The van der Waals surface area contributed by atoms with Gasteiger partial charge in [-0.1, -0.05) is 45.0 Å². The normalized spacial score (nSPS) is 13.6. The van der Waals surface area contributed by atoms with Gasteiger partial charge in [-0.3, -0.25) is 9.59 Å². The summed E-state index contributed by atoms with van der Waals surface area (Å²) < 4.78 is 0. The van der Waals surface area contributed by atoms with Crippen molar-refractivity contribution < 1.29 is 9.59 Å². The molecule has 0 spiro atoms. The van der Waals surface area contributed by atoms with E-state index in [2.05, 4.69) is 43.2 Å². The number of rotatable bonds is 5. The summed E-state index contributed by atoms with van der Waals surface area (Å²) in [6.45, 7) is 10.9. The number of hydrogen-bond acceptors (Lipinski definition) is 4. The van der Waals surface area contributed by atoms with Crippen LogP contribution in [-0.4, -0.2) is 35.3 Å². The van der Waals surface area contributed by atoms with Crippen LogP contribution in [0.15, 0.2) is 29.8 Å². The maximum atomic E-state index is 11.6. The van der Waals surface area contributed by atoms with Crippen molar-refractivity contribution in [2.45, 2.75) is 53.5 Å². The molecule has 0 bridgehead atoms. The molecule has 0 unspecified atom stereocenters. The molecular formula is C22H31N3O2S. The van der Waals surface area contributed by atoms with E-state index in [1.165, 1.54) is 23.3 Å². The monoisotopic (exact) mass is 401 g/mol. The number of aromatic nitrogens is 1. The molecule has 5 nitrogen and oxygen atoms in total. The Morgan fingerprint density at radius 2 is 1.86 bits per heavy atom. The van der Waals surface area contributed by atoms with Gasteiger partial charge in [0.15, 0.2) is 0 Å². The van der Waals surface area contributed by atoms with Gasteiger partial charge in [-0.15, -0.1) is 11.3 Å². The molecule has 6 heteroatoms. The molecule has 152 valence electrons. The minimum atomic E-state index is 0.139. The van der Waals surface area contributed by atoms with Crippen LogP contribution in [0.5, 0.6) is 0 Å². The van der Waals surface area contributed by atoms with Crippen LogP contribution in [0.2, 0.25) is 0 Å².